The van der Waals surface area contributed by atoms with Crippen LogP contribution in [-0.4, -0.2) is 22.6 Å². The molecule has 124 valence electrons. The van der Waals surface area contributed by atoms with Crippen LogP contribution in [0.1, 0.15) is 24.4 Å². The van der Waals surface area contributed by atoms with Gasteiger partial charge >= 0.3 is 0 Å². The van der Waals surface area contributed by atoms with Gasteiger partial charge in [0.2, 0.25) is 5.91 Å². The van der Waals surface area contributed by atoms with E-state index in [4.69, 9.17) is 4.74 Å². The molecule has 0 saturated carbocycles. The van der Waals surface area contributed by atoms with E-state index in [0.717, 1.165) is 28.2 Å². The maximum Gasteiger partial charge on any atom is 0.240 e. The van der Waals surface area contributed by atoms with E-state index < -0.39 is 0 Å². The predicted molar refractivity (Wildman–Crippen MR) is 94.0 cm³/mol. The number of rotatable bonds is 5. The van der Waals surface area contributed by atoms with Crippen LogP contribution in [0.3, 0.4) is 0 Å². The quantitative estimate of drug-likeness (QED) is 0.784. The molecule has 1 N–H and O–H groups in total. The molecule has 0 bridgehead atoms. The van der Waals surface area contributed by atoms with Crippen LogP contribution in [0.4, 0.5) is 0 Å². The number of hydrogen-bond acceptors (Lipinski definition) is 3. The number of fused-ring (bicyclic) bond motifs is 1. The summed E-state index contributed by atoms with van der Waals surface area (Å²) in [7, 11) is 1.63. The first-order chi connectivity index (χ1) is 11.6. The SMILES string of the molecule is COc1ccccc1[C@@H](C)NC(=O)Cn1c(C)nc2ccccc21. The molecule has 0 aliphatic rings. The number of carbonyl (C=O) groups is 1. The van der Waals surface area contributed by atoms with Gasteiger partial charge in [0.1, 0.15) is 18.1 Å². The van der Waals surface area contributed by atoms with E-state index in [1.54, 1.807) is 7.11 Å². The first-order valence-corrected chi connectivity index (χ1v) is 7.94. The van der Waals surface area contributed by atoms with Crippen LogP contribution in [0.15, 0.2) is 48.5 Å². The molecule has 1 atom stereocenters. The maximum atomic E-state index is 12.5. The first kappa shape index (κ1) is 16.1. The zero-order valence-corrected chi connectivity index (χ0v) is 14.1. The zero-order chi connectivity index (χ0) is 17.1. The lowest BCUT2D eigenvalue weighted by Gasteiger charge is -2.17. The molecule has 0 spiro atoms. The summed E-state index contributed by atoms with van der Waals surface area (Å²) in [5.74, 6) is 1.55. The number of carbonyl (C=O) groups excluding carboxylic acids is 1. The Kier molecular flexibility index (Phi) is 4.51. The van der Waals surface area contributed by atoms with Gasteiger partial charge in [0.15, 0.2) is 0 Å². The molecule has 0 fully saturated rings. The average molecular weight is 323 g/mol. The number of nitrogens with one attached hydrogen (secondary N) is 1. The van der Waals surface area contributed by atoms with Crippen LogP contribution >= 0.6 is 0 Å². The molecule has 0 aliphatic carbocycles. The van der Waals surface area contributed by atoms with Crippen molar-refractivity contribution in [2.75, 3.05) is 7.11 Å². The molecular weight excluding hydrogens is 302 g/mol. The predicted octanol–water partition coefficient (Wildman–Crippen LogP) is 3.23. The molecule has 1 aromatic heterocycles. The van der Waals surface area contributed by atoms with Crippen LogP contribution < -0.4 is 10.1 Å². The Balaban J connectivity index is 1.76. The van der Waals surface area contributed by atoms with Gasteiger partial charge in [-0.3, -0.25) is 4.79 Å². The highest BCUT2D eigenvalue weighted by molar-refractivity contribution is 5.81. The molecule has 3 rings (SSSR count). The van der Waals surface area contributed by atoms with E-state index in [2.05, 4.69) is 10.3 Å². The maximum absolute atomic E-state index is 12.5. The first-order valence-electron chi connectivity index (χ1n) is 7.94. The average Bonchev–Trinajstić information content (AvgIpc) is 2.90. The normalized spacial score (nSPS) is 12.1. The topological polar surface area (TPSA) is 56.1 Å². The fourth-order valence-corrected chi connectivity index (χ4v) is 2.93. The fourth-order valence-electron chi connectivity index (χ4n) is 2.93. The van der Waals surface area contributed by atoms with Crippen LogP contribution in [0.5, 0.6) is 5.75 Å². The highest BCUT2D eigenvalue weighted by Gasteiger charge is 2.15. The second-order valence-corrected chi connectivity index (χ2v) is 5.77. The summed E-state index contributed by atoms with van der Waals surface area (Å²) < 4.78 is 7.29. The smallest absolute Gasteiger partial charge is 0.240 e. The summed E-state index contributed by atoms with van der Waals surface area (Å²) in [5, 5.41) is 3.03. The van der Waals surface area contributed by atoms with Crippen molar-refractivity contribution < 1.29 is 9.53 Å². The monoisotopic (exact) mass is 323 g/mol. The number of para-hydroxylation sites is 3. The van der Waals surface area contributed by atoms with Gasteiger partial charge in [0, 0.05) is 5.56 Å². The van der Waals surface area contributed by atoms with Crippen LogP contribution in [-0.2, 0) is 11.3 Å². The fraction of sp³-hybridized carbons (Fsp3) is 0.263. The second-order valence-electron chi connectivity index (χ2n) is 5.77. The number of methoxy groups -OCH3 is 1. The Hall–Kier alpha value is -2.82. The minimum absolute atomic E-state index is 0.0559. The van der Waals surface area contributed by atoms with Gasteiger partial charge < -0.3 is 14.6 Å². The van der Waals surface area contributed by atoms with Crippen molar-refractivity contribution in [1.82, 2.24) is 14.9 Å². The lowest BCUT2D eigenvalue weighted by Crippen LogP contribution is -2.30. The minimum atomic E-state index is -0.135. The highest BCUT2D eigenvalue weighted by Crippen LogP contribution is 2.24. The second kappa shape index (κ2) is 6.74. The summed E-state index contributed by atoms with van der Waals surface area (Å²) >= 11 is 0. The van der Waals surface area contributed by atoms with E-state index in [1.165, 1.54) is 0 Å². The molecule has 0 saturated heterocycles. The largest absolute Gasteiger partial charge is 0.496 e. The van der Waals surface area contributed by atoms with E-state index in [-0.39, 0.29) is 18.5 Å². The van der Waals surface area contributed by atoms with Gasteiger partial charge in [0.05, 0.1) is 24.2 Å². The summed E-state index contributed by atoms with van der Waals surface area (Å²) in [6.45, 7) is 4.11. The number of nitrogens with zero attached hydrogens (tertiary/aromatic N) is 2. The Morgan fingerprint density at radius 1 is 1.21 bits per heavy atom. The third-order valence-corrected chi connectivity index (χ3v) is 4.13. The lowest BCUT2D eigenvalue weighted by molar-refractivity contribution is -0.122. The number of benzene rings is 2. The molecule has 1 heterocycles. The zero-order valence-electron chi connectivity index (χ0n) is 14.1. The summed E-state index contributed by atoms with van der Waals surface area (Å²) in [6.07, 6.45) is 0. The number of amides is 1. The van der Waals surface area contributed by atoms with E-state index in [9.17, 15) is 4.79 Å². The standard InChI is InChI=1S/C19H21N3O2/c1-13(15-8-4-7-11-18(15)24-3)20-19(23)12-22-14(2)21-16-9-5-6-10-17(16)22/h4-11,13H,12H2,1-3H3,(H,20,23)/t13-/m1/s1. The molecule has 3 aromatic rings. The van der Waals surface area contributed by atoms with Gasteiger partial charge in [-0.25, -0.2) is 4.98 Å². The van der Waals surface area contributed by atoms with E-state index in [1.807, 2.05) is 66.9 Å². The molecule has 0 radical (unpaired) electrons. The summed E-state index contributed by atoms with van der Waals surface area (Å²) in [4.78, 5) is 17.0. The molecule has 5 heteroatoms. The number of aryl methyl sites for hydroxylation is 1. The lowest BCUT2D eigenvalue weighted by atomic mass is 10.1. The Labute approximate surface area is 141 Å². The molecule has 0 unspecified atom stereocenters. The van der Waals surface area contributed by atoms with Crippen LogP contribution in [0, 0.1) is 6.92 Å². The van der Waals surface area contributed by atoms with Gasteiger partial charge in [0.25, 0.3) is 0 Å². The van der Waals surface area contributed by atoms with Crippen LogP contribution in [0.2, 0.25) is 0 Å². The third kappa shape index (κ3) is 3.11. The van der Waals surface area contributed by atoms with Crippen molar-refractivity contribution in [3.63, 3.8) is 0 Å². The van der Waals surface area contributed by atoms with Gasteiger partial charge in [-0.2, -0.15) is 0 Å². The Morgan fingerprint density at radius 3 is 2.71 bits per heavy atom. The van der Waals surface area contributed by atoms with Gasteiger partial charge in [-0.1, -0.05) is 30.3 Å². The molecule has 2 aromatic carbocycles. The van der Waals surface area contributed by atoms with Gasteiger partial charge in [-0.05, 0) is 32.0 Å². The van der Waals surface area contributed by atoms with Crippen molar-refractivity contribution in [1.29, 1.82) is 0 Å². The van der Waals surface area contributed by atoms with E-state index in [0.29, 0.717) is 0 Å². The minimum Gasteiger partial charge on any atom is -0.496 e. The van der Waals surface area contributed by atoms with Crippen molar-refractivity contribution in [2.45, 2.75) is 26.4 Å². The van der Waals surface area contributed by atoms with Crippen LogP contribution in [0.25, 0.3) is 11.0 Å². The summed E-state index contributed by atoms with van der Waals surface area (Å²) in [6, 6.07) is 15.4. The van der Waals surface area contributed by atoms with Gasteiger partial charge in [-0.15, -0.1) is 0 Å². The number of ether oxygens (including phenoxy) is 1. The van der Waals surface area contributed by atoms with Crippen molar-refractivity contribution in [3.8, 4) is 5.75 Å². The number of aromatic nitrogens is 2. The molecule has 0 aliphatic heterocycles. The van der Waals surface area contributed by atoms with Crippen molar-refractivity contribution in [2.24, 2.45) is 0 Å². The molecule has 24 heavy (non-hydrogen) atoms. The molecular formula is C19H21N3O2. The summed E-state index contributed by atoms with van der Waals surface area (Å²) in [5.41, 5.74) is 2.83. The van der Waals surface area contributed by atoms with Crippen molar-refractivity contribution >= 4 is 16.9 Å². The number of hydrogen-bond donors (Lipinski definition) is 1. The Morgan fingerprint density at radius 2 is 1.92 bits per heavy atom. The van der Waals surface area contributed by atoms with E-state index >= 15 is 0 Å². The molecule has 5 nitrogen and oxygen atoms in total. The third-order valence-electron chi connectivity index (χ3n) is 4.13. The highest BCUT2D eigenvalue weighted by atomic mass is 16.5. The van der Waals surface area contributed by atoms with Crippen molar-refractivity contribution in [3.05, 3.63) is 59.9 Å². The number of imidazole rings is 1. The Bertz CT molecular complexity index is 870. The molecule has 1 amide bonds.